The smallest absolute Gasteiger partial charge is 0.134 e. The molecule has 1 aliphatic rings. The number of aliphatic hydroxyl groups is 1. The third-order valence-electron chi connectivity index (χ3n) is 5.00. The van der Waals surface area contributed by atoms with Crippen LogP contribution >= 0.6 is 23.7 Å². The van der Waals surface area contributed by atoms with Gasteiger partial charge in [0.2, 0.25) is 0 Å². The minimum absolute atomic E-state index is 0.371. The summed E-state index contributed by atoms with van der Waals surface area (Å²) >= 11 is 3.52. The van der Waals surface area contributed by atoms with Crippen LogP contribution in [0.1, 0.15) is 47.5 Å². The summed E-state index contributed by atoms with van der Waals surface area (Å²) in [7, 11) is 3.12. The maximum absolute atomic E-state index is 11.3. The van der Waals surface area contributed by atoms with Gasteiger partial charge in [0.05, 0.1) is 27.5 Å². The number of carbonyl (C=O) groups excluding carboxylic acids is 1. The monoisotopic (exact) mass is 506 g/mol. The zero-order valence-electron chi connectivity index (χ0n) is 21.8. The number of thioether (sulfide) groups is 1. The van der Waals surface area contributed by atoms with Crippen LogP contribution in [0.3, 0.4) is 0 Å². The quantitative estimate of drug-likeness (QED) is 0.237. The van der Waals surface area contributed by atoms with E-state index in [-0.39, 0.29) is 0 Å². The van der Waals surface area contributed by atoms with E-state index in [4.69, 9.17) is 9.84 Å². The first-order valence-corrected chi connectivity index (χ1v) is 13.7. The third kappa shape index (κ3) is 9.53. The molecule has 5 nitrogen and oxygen atoms in total. The number of unbranched alkanes of at least 4 members (excludes halogenated alkanes) is 1. The number of hydrogen-bond donors (Lipinski definition) is 1. The maximum Gasteiger partial charge on any atom is 0.134 e. The summed E-state index contributed by atoms with van der Waals surface area (Å²) < 4.78 is 8.38. The van der Waals surface area contributed by atoms with Gasteiger partial charge >= 0.3 is 0 Å². The van der Waals surface area contributed by atoms with Crippen molar-refractivity contribution in [2.24, 2.45) is 5.41 Å². The molecule has 0 radical (unpaired) electrons. The average molecular weight is 507 g/mol. The van der Waals surface area contributed by atoms with E-state index in [2.05, 4.69) is 73.4 Å². The number of likely N-dealkylation sites (N-methyl/N-ethyl adjacent to an activating group) is 1. The number of anilines is 2. The Morgan fingerprint density at radius 3 is 2.29 bits per heavy atom. The molecule has 3 rings (SSSR count). The second-order valence-electron chi connectivity index (χ2n) is 8.52. The molecule has 1 heterocycles. The largest absolute Gasteiger partial charge is 0.491 e. The number of fused-ring (bicyclic) bond motifs is 1. The second-order valence-corrected chi connectivity index (χ2v) is 11.1. The number of ether oxygens (including phenoxy) is 1. The molecule has 1 N–H and O–H groups in total. The van der Waals surface area contributed by atoms with Crippen molar-refractivity contribution in [3.8, 4) is 5.75 Å². The lowest BCUT2D eigenvalue weighted by Gasteiger charge is -2.26. The normalized spacial score (nSPS) is 13.5. The van der Waals surface area contributed by atoms with Crippen molar-refractivity contribution >= 4 is 41.4 Å². The zero-order chi connectivity index (χ0) is 25.6. The molecule has 0 amide bonds. The number of hydrogen-bond acceptors (Lipinski definition) is 7. The van der Waals surface area contributed by atoms with Crippen molar-refractivity contribution in [1.82, 2.24) is 4.31 Å². The Hall–Kier alpha value is -1.67. The van der Waals surface area contributed by atoms with E-state index < -0.39 is 5.41 Å². The van der Waals surface area contributed by atoms with E-state index in [9.17, 15) is 4.79 Å². The number of aliphatic hydroxyl groups excluding tert-OH is 1. The molecule has 0 unspecified atom stereocenters. The Balaban J connectivity index is 0.000000872. The van der Waals surface area contributed by atoms with Crippen LogP contribution < -0.4 is 9.64 Å². The van der Waals surface area contributed by atoms with Crippen molar-refractivity contribution in [2.45, 2.75) is 57.3 Å². The summed E-state index contributed by atoms with van der Waals surface area (Å²) in [4.78, 5) is 15.9. The lowest BCUT2D eigenvalue weighted by molar-refractivity contribution is -0.116. The maximum atomic E-state index is 11.3. The van der Waals surface area contributed by atoms with E-state index in [1.165, 1.54) is 29.1 Å². The molecule has 0 atom stereocenters. The number of carbonyl (C=O) groups is 1. The summed E-state index contributed by atoms with van der Waals surface area (Å²) in [6, 6.07) is 14.9. The van der Waals surface area contributed by atoms with Gasteiger partial charge in [0.25, 0.3) is 0 Å². The molecule has 2 aromatic rings. The van der Waals surface area contributed by atoms with Crippen molar-refractivity contribution in [3.63, 3.8) is 0 Å². The van der Waals surface area contributed by atoms with Crippen molar-refractivity contribution in [2.75, 3.05) is 44.5 Å². The van der Waals surface area contributed by atoms with E-state index in [0.717, 1.165) is 42.9 Å². The van der Waals surface area contributed by atoms with E-state index >= 15 is 0 Å². The van der Waals surface area contributed by atoms with Crippen LogP contribution in [0.25, 0.3) is 0 Å². The molecule has 0 saturated carbocycles. The van der Waals surface area contributed by atoms with E-state index in [1.54, 1.807) is 23.7 Å². The molecule has 0 saturated heterocycles. The Kier molecular flexibility index (Phi) is 14.4. The van der Waals surface area contributed by atoms with Gasteiger partial charge in [-0.25, -0.2) is 4.31 Å². The molecule has 0 fully saturated rings. The van der Waals surface area contributed by atoms with Gasteiger partial charge in [-0.15, -0.1) is 11.8 Å². The topological polar surface area (TPSA) is 53.0 Å². The van der Waals surface area contributed by atoms with Gasteiger partial charge in [0, 0.05) is 25.9 Å². The fourth-order valence-corrected chi connectivity index (χ4v) is 4.64. The Morgan fingerprint density at radius 1 is 1.09 bits per heavy atom. The second kappa shape index (κ2) is 16.1. The fourth-order valence-electron chi connectivity index (χ4n) is 2.94. The number of para-hydroxylation sites is 1. The van der Waals surface area contributed by atoms with Crippen molar-refractivity contribution in [1.29, 1.82) is 0 Å². The van der Waals surface area contributed by atoms with Gasteiger partial charge < -0.3 is 19.5 Å². The summed E-state index contributed by atoms with van der Waals surface area (Å²) in [5, 5.41) is 7.00. The lowest BCUT2D eigenvalue weighted by atomic mass is 9.98. The standard InChI is InChI=1S/C22H28N2O2S2.C4H10.CH4O/c1-5-27-21-13-18-20(14-19(21)26-16-22(2,3)15-25)28-23(4)11-12-24(18)17-9-7-6-8-10-17;1-3-4-2;1-2/h6-10,13-15H,5,11-12,16H2,1-4H3;3-4H2,1-2H3;2H,1H3. The molecular weight excluding hydrogens is 464 g/mol. The third-order valence-corrected chi connectivity index (χ3v) is 6.93. The van der Waals surface area contributed by atoms with Gasteiger partial charge in [0.15, 0.2) is 0 Å². The number of aldehydes is 1. The molecular formula is C27H42N2O3S2. The highest BCUT2D eigenvalue weighted by molar-refractivity contribution is 7.99. The first-order chi connectivity index (χ1) is 16.3. The molecule has 0 aliphatic carbocycles. The van der Waals surface area contributed by atoms with E-state index in [1.807, 2.05) is 19.9 Å². The molecule has 2 aromatic carbocycles. The van der Waals surface area contributed by atoms with Crippen LogP contribution in [0.4, 0.5) is 11.4 Å². The zero-order valence-corrected chi connectivity index (χ0v) is 23.5. The molecule has 1 aliphatic heterocycles. The summed E-state index contributed by atoms with van der Waals surface area (Å²) in [5.41, 5.74) is 1.90. The molecule has 7 heteroatoms. The van der Waals surface area contributed by atoms with Crippen LogP contribution in [0.15, 0.2) is 52.3 Å². The van der Waals surface area contributed by atoms with Crippen LogP contribution in [0, 0.1) is 5.41 Å². The number of rotatable bonds is 8. The molecule has 34 heavy (non-hydrogen) atoms. The van der Waals surface area contributed by atoms with Crippen LogP contribution in [0.5, 0.6) is 5.75 Å². The Bertz CT molecular complexity index is 845. The van der Waals surface area contributed by atoms with Gasteiger partial charge in [-0.1, -0.05) is 51.8 Å². The first kappa shape index (κ1) is 30.4. The summed E-state index contributed by atoms with van der Waals surface area (Å²) in [6.07, 6.45) is 3.60. The predicted octanol–water partition coefficient (Wildman–Crippen LogP) is 6.91. The highest BCUT2D eigenvalue weighted by Crippen LogP contribution is 2.44. The molecule has 0 bridgehead atoms. The highest BCUT2D eigenvalue weighted by Gasteiger charge is 2.24. The SMILES string of the molecule is CCCC.CCSc1cc2c(cc1OCC(C)(C)C=O)SN(C)CCN2c1ccccc1.CO. The molecule has 0 spiro atoms. The van der Waals surface area contributed by atoms with Crippen molar-refractivity contribution in [3.05, 3.63) is 42.5 Å². The van der Waals surface area contributed by atoms with Gasteiger partial charge in [-0.3, -0.25) is 0 Å². The Morgan fingerprint density at radius 2 is 1.74 bits per heavy atom. The van der Waals surface area contributed by atoms with Gasteiger partial charge in [-0.2, -0.15) is 0 Å². The first-order valence-electron chi connectivity index (χ1n) is 11.9. The fraction of sp³-hybridized carbons (Fsp3) is 0.519. The number of benzene rings is 2. The minimum Gasteiger partial charge on any atom is -0.491 e. The highest BCUT2D eigenvalue weighted by atomic mass is 32.2. The minimum atomic E-state index is -0.499. The lowest BCUT2D eigenvalue weighted by Crippen LogP contribution is -2.24. The summed E-state index contributed by atoms with van der Waals surface area (Å²) in [5.74, 6) is 1.82. The molecule has 190 valence electrons. The summed E-state index contributed by atoms with van der Waals surface area (Å²) in [6.45, 7) is 12.6. The number of nitrogens with zero attached hydrogens (tertiary/aromatic N) is 2. The average Bonchev–Trinajstić information content (AvgIpc) is 3.02. The van der Waals surface area contributed by atoms with Crippen LogP contribution in [-0.2, 0) is 4.79 Å². The Labute approximate surface area is 215 Å². The molecule has 0 aromatic heterocycles. The predicted molar refractivity (Wildman–Crippen MR) is 149 cm³/mol. The van der Waals surface area contributed by atoms with Crippen LogP contribution in [-0.4, -0.2) is 55.3 Å². The van der Waals surface area contributed by atoms with Gasteiger partial charge in [0.1, 0.15) is 12.0 Å². The van der Waals surface area contributed by atoms with E-state index in [0.29, 0.717) is 6.61 Å². The van der Waals surface area contributed by atoms with Crippen LogP contribution in [0.2, 0.25) is 0 Å². The van der Waals surface area contributed by atoms with Crippen molar-refractivity contribution < 1.29 is 14.6 Å². The van der Waals surface area contributed by atoms with Gasteiger partial charge in [-0.05, 0) is 62.9 Å².